The van der Waals surface area contributed by atoms with Gasteiger partial charge in [-0.25, -0.2) is 4.79 Å². The second-order valence-corrected chi connectivity index (χ2v) is 9.37. The molecule has 1 atom stereocenters. The minimum atomic E-state index is -1.27. The van der Waals surface area contributed by atoms with E-state index < -0.39 is 17.5 Å². The van der Waals surface area contributed by atoms with E-state index in [-0.39, 0.29) is 12.3 Å². The lowest BCUT2D eigenvalue weighted by Crippen LogP contribution is -2.41. The number of Topliss-reactive ketones (excluding diaryl/α,β-unsaturated/α-hetero) is 1. The van der Waals surface area contributed by atoms with E-state index in [1.807, 2.05) is 78.3 Å². The van der Waals surface area contributed by atoms with Crippen molar-refractivity contribution in [2.75, 3.05) is 6.54 Å². The topological polar surface area (TPSA) is 71.4 Å². The Morgan fingerprint density at radius 1 is 0.941 bits per heavy atom. The number of nitrogens with zero attached hydrogens (tertiary/aromatic N) is 2. The third-order valence-electron chi connectivity index (χ3n) is 6.42. The molecule has 1 N–H and O–H groups in total. The van der Waals surface area contributed by atoms with E-state index in [1.165, 1.54) is 0 Å². The molecule has 34 heavy (non-hydrogen) atoms. The Balaban J connectivity index is 1.56. The summed E-state index contributed by atoms with van der Waals surface area (Å²) in [4.78, 5) is 41.1. The van der Waals surface area contributed by atoms with Crippen molar-refractivity contribution in [2.45, 2.75) is 12.5 Å². The third-order valence-corrected chi connectivity index (χ3v) is 7.11. The van der Waals surface area contributed by atoms with E-state index in [1.54, 1.807) is 19.1 Å². The number of nitrogens with one attached hydrogen (secondary N) is 1. The summed E-state index contributed by atoms with van der Waals surface area (Å²) in [5.74, 6) is -0.755. The number of aromatic nitrogens is 1. The monoisotopic (exact) mass is 515 g/mol. The maximum Gasteiger partial charge on any atom is 0.325 e. The lowest BCUT2D eigenvalue weighted by Gasteiger charge is -2.23. The van der Waals surface area contributed by atoms with Gasteiger partial charge in [0.1, 0.15) is 5.54 Å². The first kappa shape index (κ1) is 22.1. The molecule has 1 fully saturated rings. The highest BCUT2D eigenvalue weighted by Crippen LogP contribution is 2.36. The van der Waals surface area contributed by atoms with Crippen LogP contribution in [0.4, 0.5) is 4.79 Å². The molecule has 1 aliphatic rings. The van der Waals surface area contributed by atoms with Crippen LogP contribution in [0.5, 0.6) is 0 Å². The Kier molecular flexibility index (Phi) is 5.37. The predicted molar refractivity (Wildman–Crippen MR) is 134 cm³/mol. The maximum absolute atomic E-state index is 13.7. The van der Waals surface area contributed by atoms with Crippen LogP contribution >= 0.6 is 15.9 Å². The second-order valence-electron chi connectivity index (χ2n) is 8.52. The molecule has 0 aliphatic carbocycles. The molecule has 1 aliphatic heterocycles. The minimum Gasteiger partial charge on any atom is -0.343 e. The molecule has 0 saturated carbocycles. The zero-order chi connectivity index (χ0) is 24.0. The van der Waals surface area contributed by atoms with Crippen LogP contribution in [-0.4, -0.2) is 33.7 Å². The summed E-state index contributed by atoms with van der Waals surface area (Å²) < 4.78 is 2.69. The molecule has 2 heterocycles. The highest BCUT2D eigenvalue weighted by atomic mass is 79.9. The van der Waals surface area contributed by atoms with Gasteiger partial charge in [-0.3, -0.25) is 14.5 Å². The molecule has 0 spiro atoms. The lowest BCUT2D eigenvalue weighted by atomic mass is 9.92. The van der Waals surface area contributed by atoms with Gasteiger partial charge in [0.05, 0.1) is 17.8 Å². The summed E-state index contributed by atoms with van der Waals surface area (Å²) in [5.41, 5.74) is 2.42. The van der Waals surface area contributed by atoms with Crippen molar-refractivity contribution in [3.05, 3.63) is 94.5 Å². The summed E-state index contributed by atoms with van der Waals surface area (Å²) in [5, 5.41) is 3.57. The predicted octanol–water partition coefficient (Wildman–Crippen LogP) is 5.26. The van der Waals surface area contributed by atoms with Crippen molar-refractivity contribution in [3.63, 3.8) is 0 Å². The number of ketones is 1. The van der Waals surface area contributed by atoms with Gasteiger partial charge >= 0.3 is 6.03 Å². The van der Waals surface area contributed by atoms with Crippen LogP contribution in [0.3, 0.4) is 0 Å². The van der Waals surface area contributed by atoms with Gasteiger partial charge in [0, 0.05) is 28.0 Å². The lowest BCUT2D eigenvalue weighted by molar-refractivity contribution is -0.130. The first-order valence-corrected chi connectivity index (χ1v) is 11.7. The molecule has 3 amide bonds. The van der Waals surface area contributed by atoms with Gasteiger partial charge in [0.15, 0.2) is 5.78 Å². The molecule has 3 aromatic carbocycles. The first-order valence-electron chi connectivity index (χ1n) is 10.9. The Hall–Kier alpha value is -3.71. The second kappa shape index (κ2) is 8.25. The molecule has 1 saturated heterocycles. The summed E-state index contributed by atoms with van der Waals surface area (Å²) in [6.45, 7) is 1.31. The Morgan fingerprint density at radius 2 is 1.59 bits per heavy atom. The Morgan fingerprint density at radius 3 is 2.32 bits per heavy atom. The zero-order valence-electron chi connectivity index (χ0n) is 18.7. The molecular formula is C27H22BrN3O3. The van der Waals surface area contributed by atoms with Gasteiger partial charge in [0.25, 0.3) is 5.91 Å². The third kappa shape index (κ3) is 3.35. The number of hydrogen-bond acceptors (Lipinski definition) is 3. The van der Waals surface area contributed by atoms with Crippen LogP contribution in [-0.2, 0) is 17.4 Å². The number of para-hydroxylation sites is 1. The van der Waals surface area contributed by atoms with E-state index in [0.717, 1.165) is 27.1 Å². The van der Waals surface area contributed by atoms with E-state index in [4.69, 9.17) is 0 Å². The number of urea groups is 1. The van der Waals surface area contributed by atoms with Crippen LogP contribution in [0.15, 0.2) is 83.3 Å². The standard InChI is InChI=1S/C27H22BrN3O3/c1-27(19-13-7-8-14-20(19)28)25(33)31(26(34)29-27)16-22(32)23-18-12-6-9-15-21(18)30(2)24(23)17-10-4-3-5-11-17/h3-15H,16H2,1-2H3,(H,29,34)/t27-/m0/s1. The molecule has 1 aromatic heterocycles. The molecule has 7 heteroatoms. The van der Waals surface area contributed by atoms with E-state index in [9.17, 15) is 14.4 Å². The van der Waals surface area contributed by atoms with Gasteiger partial charge < -0.3 is 9.88 Å². The number of aryl methyl sites for hydroxylation is 1. The van der Waals surface area contributed by atoms with Gasteiger partial charge in [-0.2, -0.15) is 0 Å². The average Bonchev–Trinajstić information content (AvgIpc) is 3.26. The summed E-state index contributed by atoms with van der Waals surface area (Å²) in [6.07, 6.45) is 0. The van der Waals surface area contributed by atoms with Crippen LogP contribution in [0.2, 0.25) is 0 Å². The highest BCUT2D eigenvalue weighted by Gasteiger charge is 2.50. The molecule has 6 nitrogen and oxygen atoms in total. The summed E-state index contributed by atoms with van der Waals surface area (Å²) in [7, 11) is 1.92. The number of hydrogen-bond donors (Lipinski definition) is 1. The molecule has 0 unspecified atom stereocenters. The molecule has 0 bridgehead atoms. The van der Waals surface area contributed by atoms with Crippen molar-refractivity contribution < 1.29 is 14.4 Å². The Bertz CT molecular complexity index is 1460. The van der Waals surface area contributed by atoms with E-state index in [2.05, 4.69) is 21.2 Å². The van der Waals surface area contributed by atoms with Crippen LogP contribution < -0.4 is 5.32 Å². The fourth-order valence-electron chi connectivity index (χ4n) is 4.72. The van der Waals surface area contributed by atoms with Gasteiger partial charge in [0.2, 0.25) is 0 Å². The maximum atomic E-state index is 13.7. The van der Waals surface area contributed by atoms with Crippen molar-refractivity contribution >= 4 is 44.6 Å². The highest BCUT2D eigenvalue weighted by molar-refractivity contribution is 9.10. The smallest absolute Gasteiger partial charge is 0.325 e. The normalized spacial score (nSPS) is 17.9. The van der Waals surface area contributed by atoms with E-state index in [0.29, 0.717) is 15.6 Å². The summed E-state index contributed by atoms with van der Waals surface area (Å²) >= 11 is 3.47. The van der Waals surface area contributed by atoms with E-state index >= 15 is 0 Å². The van der Waals surface area contributed by atoms with Crippen LogP contribution in [0.25, 0.3) is 22.2 Å². The number of benzene rings is 3. The van der Waals surface area contributed by atoms with Gasteiger partial charge in [-0.15, -0.1) is 0 Å². The molecule has 5 rings (SSSR count). The van der Waals surface area contributed by atoms with Gasteiger partial charge in [-0.1, -0.05) is 82.7 Å². The number of imide groups is 1. The molecule has 0 radical (unpaired) electrons. The minimum absolute atomic E-state index is 0.296. The van der Waals surface area contributed by atoms with Crippen molar-refractivity contribution in [1.82, 2.24) is 14.8 Å². The molecule has 4 aromatic rings. The number of carbonyl (C=O) groups is 3. The first-order chi connectivity index (χ1) is 16.3. The van der Waals surface area contributed by atoms with Crippen LogP contribution in [0.1, 0.15) is 22.8 Å². The number of fused-ring (bicyclic) bond motifs is 1. The largest absolute Gasteiger partial charge is 0.343 e. The SMILES string of the molecule is Cn1c(-c2ccccc2)c(C(=O)CN2C(=O)N[C@@](C)(c3ccccc3Br)C2=O)c2ccccc21. The summed E-state index contributed by atoms with van der Waals surface area (Å²) in [6, 6.07) is 24.0. The fraction of sp³-hybridized carbons (Fsp3) is 0.148. The number of halogens is 1. The van der Waals surface area contributed by atoms with Crippen molar-refractivity contribution in [3.8, 4) is 11.3 Å². The van der Waals surface area contributed by atoms with Crippen LogP contribution in [0, 0.1) is 0 Å². The fourth-order valence-corrected chi connectivity index (χ4v) is 5.40. The Labute approximate surface area is 205 Å². The number of carbonyl (C=O) groups excluding carboxylic acids is 3. The zero-order valence-corrected chi connectivity index (χ0v) is 20.3. The van der Waals surface area contributed by atoms with Gasteiger partial charge in [-0.05, 0) is 24.6 Å². The number of amides is 3. The number of rotatable bonds is 5. The van der Waals surface area contributed by atoms with Crippen molar-refractivity contribution in [1.29, 1.82) is 0 Å². The van der Waals surface area contributed by atoms with Crippen molar-refractivity contribution in [2.24, 2.45) is 7.05 Å². The average molecular weight is 516 g/mol. The molecular weight excluding hydrogens is 494 g/mol. The molecule has 170 valence electrons. The quantitative estimate of drug-likeness (QED) is 0.291.